The third kappa shape index (κ3) is 3.16. The second-order valence-electron chi connectivity index (χ2n) is 3.76. The molecule has 1 heterocycles. The number of alkyl halides is 1. The summed E-state index contributed by atoms with van der Waals surface area (Å²) in [6.07, 6.45) is 3.50. The number of benzene rings is 1. The summed E-state index contributed by atoms with van der Waals surface area (Å²) < 4.78 is 0.715. The summed E-state index contributed by atoms with van der Waals surface area (Å²) in [6, 6.07) is 4.88. The van der Waals surface area contributed by atoms with Crippen LogP contribution in [-0.4, -0.2) is 28.3 Å². The molecule has 0 bridgehead atoms. The smallest absolute Gasteiger partial charge is 0.240 e. The van der Waals surface area contributed by atoms with Gasteiger partial charge in [0.1, 0.15) is 11.1 Å². The minimum Gasteiger partial charge on any atom is -0.508 e. The first-order valence-corrected chi connectivity index (χ1v) is 6.25. The van der Waals surface area contributed by atoms with Crippen molar-refractivity contribution in [1.29, 1.82) is 0 Å². The van der Waals surface area contributed by atoms with Crippen LogP contribution in [0.4, 0.5) is 0 Å². The Morgan fingerprint density at radius 3 is 2.83 bits per heavy atom. The number of allylic oxidation sites excluding steroid dienone is 1. The number of carbonyl (C=O) groups excluding carboxylic acids is 1. The number of phenols is 1. The summed E-state index contributed by atoms with van der Waals surface area (Å²) >= 11 is 9.21. The molecule has 93 valence electrons. The SMILES string of the molecule is CN1C(=O)C(Cl)C[C-]=C1c1ccc(O)cc1Br.[Y]. The van der Waals surface area contributed by atoms with Crippen molar-refractivity contribution < 1.29 is 42.6 Å². The van der Waals surface area contributed by atoms with Crippen molar-refractivity contribution in [3.63, 3.8) is 0 Å². The summed E-state index contributed by atoms with van der Waals surface area (Å²) in [7, 11) is 1.67. The van der Waals surface area contributed by atoms with Crippen LogP contribution in [0.25, 0.3) is 5.70 Å². The van der Waals surface area contributed by atoms with Gasteiger partial charge in [-0.2, -0.15) is 0 Å². The first kappa shape index (κ1) is 16.2. The molecule has 0 aliphatic carbocycles. The van der Waals surface area contributed by atoms with Gasteiger partial charge in [0.15, 0.2) is 0 Å². The van der Waals surface area contributed by atoms with E-state index in [4.69, 9.17) is 11.6 Å². The Balaban J connectivity index is 0.00000162. The molecule has 1 aromatic rings. The minimum absolute atomic E-state index is 0. The molecule has 0 saturated heterocycles. The second kappa shape index (κ2) is 6.51. The standard InChI is InChI=1S/C12H10BrClNO2.Y/c1-15-11(5-4-10(14)12(15)17)8-3-2-7(16)6-9(8)13;/h2-3,6,10,16H,4H2,1H3;/q-1;. The zero-order valence-electron chi connectivity index (χ0n) is 9.65. The molecule has 0 spiro atoms. The average Bonchev–Trinajstić information content (AvgIpc) is 2.28. The van der Waals surface area contributed by atoms with Gasteiger partial charge in [0, 0.05) is 39.8 Å². The van der Waals surface area contributed by atoms with Crippen LogP contribution in [-0.2, 0) is 37.5 Å². The van der Waals surface area contributed by atoms with Crippen LogP contribution in [0.3, 0.4) is 0 Å². The maximum absolute atomic E-state index is 11.8. The fourth-order valence-corrected chi connectivity index (χ4v) is 2.46. The molecule has 2 rings (SSSR count). The first-order chi connectivity index (χ1) is 8.00. The van der Waals surface area contributed by atoms with E-state index in [9.17, 15) is 9.90 Å². The number of amides is 1. The number of rotatable bonds is 1. The minimum atomic E-state index is -0.542. The topological polar surface area (TPSA) is 40.5 Å². The molecule has 0 fully saturated rings. The number of nitrogens with zero attached hydrogens (tertiary/aromatic N) is 1. The van der Waals surface area contributed by atoms with Gasteiger partial charge < -0.3 is 10.0 Å². The van der Waals surface area contributed by atoms with Crippen LogP contribution in [0, 0.1) is 6.08 Å². The largest absolute Gasteiger partial charge is 0.508 e. The molecule has 0 saturated carbocycles. The second-order valence-corrected chi connectivity index (χ2v) is 5.14. The summed E-state index contributed by atoms with van der Waals surface area (Å²) in [5, 5.41) is 8.79. The molecule has 1 N–H and O–H groups in total. The number of hydrogen-bond acceptors (Lipinski definition) is 2. The zero-order chi connectivity index (χ0) is 12.6. The van der Waals surface area contributed by atoms with E-state index in [1.54, 1.807) is 25.2 Å². The van der Waals surface area contributed by atoms with E-state index in [2.05, 4.69) is 22.0 Å². The number of phenolic OH excluding ortho intramolecular Hbond substituents is 1. The van der Waals surface area contributed by atoms with Gasteiger partial charge in [0.2, 0.25) is 5.91 Å². The average molecular weight is 404 g/mol. The predicted molar refractivity (Wildman–Crippen MR) is 69.5 cm³/mol. The van der Waals surface area contributed by atoms with Gasteiger partial charge in [0.25, 0.3) is 0 Å². The summed E-state index contributed by atoms with van der Waals surface area (Å²) in [4.78, 5) is 13.2. The van der Waals surface area contributed by atoms with Gasteiger partial charge in [-0.1, -0.05) is 26.8 Å². The van der Waals surface area contributed by atoms with Gasteiger partial charge in [0.05, 0.1) is 0 Å². The summed E-state index contributed by atoms with van der Waals surface area (Å²) in [6.45, 7) is 0. The Kier molecular flexibility index (Phi) is 5.84. The van der Waals surface area contributed by atoms with E-state index in [1.807, 2.05) is 0 Å². The molecule has 0 aromatic heterocycles. The van der Waals surface area contributed by atoms with Gasteiger partial charge in [-0.05, 0) is 12.1 Å². The van der Waals surface area contributed by atoms with E-state index in [1.165, 1.54) is 4.90 Å². The Labute approximate surface area is 144 Å². The summed E-state index contributed by atoms with van der Waals surface area (Å²) in [5.74, 6) is 0.0293. The van der Waals surface area contributed by atoms with Crippen molar-refractivity contribution in [2.24, 2.45) is 0 Å². The third-order valence-electron chi connectivity index (χ3n) is 2.59. The van der Waals surface area contributed by atoms with Crippen LogP contribution in [0.1, 0.15) is 12.0 Å². The van der Waals surface area contributed by atoms with Gasteiger partial charge in [-0.15, -0.1) is 28.9 Å². The van der Waals surface area contributed by atoms with Crippen LogP contribution in [0.5, 0.6) is 5.75 Å². The predicted octanol–water partition coefficient (Wildman–Crippen LogP) is 2.77. The monoisotopic (exact) mass is 403 g/mol. The summed E-state index contributed by atoms with van der Waals surface area (Å²) in [5.41, 5.74) is 1.49. The third-order valence-corrected chi connectivity index (χ3v) is 3.59. The Morgan fingerprint density at radius 2 is 2.22 bits per heavy atom. The quantitative estimate of drug-likeness (QED) is 0.578. The molecule has 1 radical (unpaired) electrons. The van der Waals surface area contributed by atoms with E-state index in [0.29, 0.717) is 16.6 Å². The van der Waals surface area contributed by atoms with Crippen molar-refractivity contribution in [2.45, 2.75) is 11.8 Å². The van der Waals surface area contributed by atoms with Crippen LogP contribution >= 0.6 is 27.5 Å². The number of hydrogen-bond donors (Lipinski definition) is 1. The molecule has 1 aromatic carbocycles. The molecule has 6 heteroatoms. The van der Waals surface area contributed by atoms with Crippen molar-refractivity contribution in [2.75, 3.05) is 7.05 Å². The van der Waals surface area contributed by atoms with Crippen LogP contribution < -0.4 is 0 Å². The molecule has 1 aliphatic rings. The maximum atomic E-state index is 11.8. The number of aromatic hydroxyl groups is 1. The molecular formula is C12H10BrClNO2Y-. The van der Waals surface area contributed by atoms with Crippen molar-refractivity contribution in [1.82, 2.24) is 4.90 Å². The van der Waals surface area contributed by atoms with Crippen LogP contribution in [0.15, 0.2) is 22.7 Å². The number of carbonyl (C=O) groups is 1. The number of halogens is 2. The normalized spacial score (nSPS) is 19.3. The molecule has 1 unspecified atom stereocenters. The van der Waals surface area contributed by atoms with Crippen LogP contribution in [0.2, 0.25) is 0 Å². The fraction of sp³-hybridized carbons (Fsp3) is 0.250. The van der Waals surface area contributed by atoms with Gasteiger partial charge in [-0.3, -0.25) is 4.79 Å². The van der Waals surface area contributed by atoms with E-state index < -0.39 is 5.38 Å². The Bertz CT molecular complexity index is 507. The molecule has 1 atom stereocenters. The van der Waals surface area contributed by atoms with E-state index in [-0.39, 0.29) is 44.4 Å². The van der Waals surface area contributed by atoms with E-state index in [0.717, 1.165) is 5.56 Å². The molecule has 18 heavy (non-hydrogen) atoms. The fourth-order valence-electron chi connectivity index (χ4n) is 1.68. The maximum Gasteiger partial charge on any atom is 0.240 e. The van der Waals surface area contributed by atoms with Gasteiger partial charge in [-0.25, -0.2) is 6.08 Å². The van der Waals surface area contributed by atoms with Crippen molar-refractivity contribution in [3.05, 3.63) is 34.3 Å². The zero-order valence-corrected chi connectivity index (χ0v) is 14.8. The molecule has 1 aliphatic heterocycles. The first-order valence-electron chi connectivity index (χ1n) is 5.02. The van der Waals surface area contributed by atoms with Crippen molar-refractivity contribution >= 4 is 39.1 Å². The van der Waals surface area contributed by atoms with Gasteiger partial charge >= 0.3 is 0 Å². The van der Waals surface area contributed by atoms with Crippen molar-refractivity contribution in [3.8, 4) is 5.75 Å². The Hall–Kier alpha value is 0.104. The van der Waals surface area contributed by atoms with E-state index >= 15 is 0 Å². The Morgan fingerprint density at radius 1 is 1.56 bits per heavy atom. The molecule has 1 amide bonds. The molecular weight excluding hydrogens is 394 g/mol. The molecule has 3 nitrogen and oxygen atoms in total.